The van der Waals surface area contributed by atoms with Crippen LogP contribution in [0.25, 0.3) is 0 Å². The van der Waals surface area contributed by atoms with Crippen LogP contribution in [0.5, 0.6) is 11.5 Å². The van der Waals surface area contributed by atoms with E-state index in [1.165, 1.54) is 38.5 Å². The summed E-state index contributed by atoms with van der Waals surface area (Å²) >= 11 is 1.01. The lowest BCUT2D eigenvalue weighted by Gasteiger charge is -2.11. The molecule has 2 aromatic carbocycles. The van der Waals surface area contributed by atoms with Crippen LogP contribution in [0.15, 0.2) is 53.1 Å². The summed E-state index contributed by atoms with van der Waals surface area (Å²) in [4.78, 5) is 12.5. The molecule has 28 heavy (non-hydrogen) atoms. The van der Waals surface area contributed by atoms with Crippen LogP contribution in [0.3, 0.4) is 0 Å². The maximum atomic E-state index is 13.1. The third-order valence-electron chi connectivity index (χ3n) is 3.61. The Bertz CT molecular complexity index is 960. The number of allylic oxidation sites excluding steroid dienone is 1. The Morgan fingerprint density at radius 2 is 1.71 bits per heavy atom. The molecule has 0 saturated heterocycles. The van der Waals surface area contributed by atoms with Gasteiger partial charge in [0.25, 0.3) is 0 Å². The molecule has 0 aliphatic carbocycles. The molecule has 1 N–H and O–H groups in total. The van der Waals surface area contributed by atoms with Crippen LogP contribution in [0.4, 0.5) is 10.1 Å². The third-order valence-corrected chi connectivity index (χ3v) is 4.61. The number of thioether (sulfide) groups is 1. The largest absolute Gasteiger partial charge is 0.493 e. The van der Waals surface area contributed by atoms with Gasteiger partial charge in [0, 0.05) is 11.3 Å². The Morgan fingerprint density at radius 3 is 2.29 bits per heavy atom. The summed E-state index contributed by atoms with van der Waals surface area (Å²) in [5, 5.41) is 21.4. The molecule has 142 valence electrons. The molecule has 0 radical (unpaired) electrons. The van der Waals surface area contributed by atoms with Crippen LogP contribution in [-0.2, 0) is 0 Å². The van der Waals surface area contributed by atoms with E-state index in [2.05, 4.69) is 5.32 Å². The van der Waals surface area contributed by atoms with Crippen molar-refractivity contribution < 1.29 is 18.7 Å². The molecule has 8 heteroatoms. The predicted octanol–water partition coefficient (Wildman–Crippen LogP) is 4.13. The van der Waals surface area contributed by atoms with Gasteiger partial charge in [-0.1, -0.05) is 11.8 Å². The van der Waals surface area contributed by atoms with Crippen molar-refractivity contribution in [2.45, 2.75) is 0 Å². The van der Waals surface area contributed by atoms with Crippen molar-refractivity contribution in [3.8, 4) is 23.6 Å². The normalized spacial score (nSPS) is 9.61. The Labute approximate surface area is 166 Å². The number of anilines is 1. The first-order valence-corrected chi connectivity index (χ1v) is 8.96. The molecule has 0 saturated carbocycles. The first-order valence-electron chi connectivity index (χ1n) is 7.97. The van der Waals surface area contributed by atoms with E-state index < -0.39 is 5.82 Å². The van der Waals surface area contributed by atoms with Crippen LogP contribution in [-0.4, -0.2) is 25.8 Å². The highest BCUT2D eigenvalue weighted by molar-refractivity contribution is 8.03. The number of ketones is 1. The number of hydrogen-bond acceptors (Lipinski definition) is 7. The predicted molar refractivity (Wildman–Crippen MR) is 105 cm³/mol. The number of carbonyl (C=O) groups excluding carboxylic acids is 1. The number of carbonyl (C=O) groups is 1. The second-order valence-corrected chi connectivity index (χ2v) is 6.33. The van der Waals surface area contributed by atoms with E-state index in [4.69, 9.17) is 20.0 Å². The minimum absolute atomic E-state index is 0.0220. The van der Waals surface area contributed by atoms with Gasteiger partial charge in [-0.25, -0.2) is 4.39 Å². The van der Waals surface area contributed by atoms with Gasteiger partial charge in [0.2, 0.25) is 0 Å². The lowest BCUT2D eigenvalue weighted by atomic mass is 10.1. The molecule has 0 heterocycles. The van der Waals surface area contributed by atoms with Crippen molar-refractivity contribution >= 4 is 23.2 Å². The molecule has 0 aliphatic heterocycles. The Balaban J connectivity index is 2.18. The van der Waals surface area contributed by atoms with Crippen molar-refractivity contribution in [1.82, 2.24) is 0 Å². The molecule has 0 unspecified atom stereocenters. The molecule has 0 aromatic heterocycles. The van der Waals surface area contributed by atoms with E-state index in [1.54, 1.807) is 30.3 Å². The molecule has 2 aromatic rings. The number of ether oxygens (including phenoxy) is 2. The first-order chi connectivity index (χ1) is 13.5. The Hall–Kier alpha value is -3.49. The number of halogens is 1. The van der Waals surface area contributed by atoms with Crippen molar-refractivity contribution in [2.75, 3.05) is 25.3 Å². The maximum absolute atomic E-state index is 13.1. The monoisotopic (exact) mass is 397 g/mol. The summed E-state index contributed by atoms with van der Waals surface area (Å²) in [6, 6.07) is 13.8. The Morgan fingerprint density at radius 1 is 1.07 bits per heavy atom. The number of Topliss-reactive ketones (excluding diaryl/α,β-unsaturated/α-hetero) is 1. The fraction of sp³-hybridized carbons (Fsp3) is 0.150. The van der Waals surface area contributed by atoms with Gasteiger partial charge in [-0.3, -0.25) is 4.79 Å². The number of rotatable bonds is 8. The van der Waals surface area contributed by atoms with Gasteiger partial charge in [0.15, 0.2) is 22.9 Å². The zero-order chi connectivity index (χ0) is 20.5. The van der Waals surface area contributed by atoms with Crippen LogP contribution in [0.1, 0.15) is 10.4 Å². The average molecular weight is 397 g/mol. The van der Waals surface area contributed by atoms with Gasteiger partial charge in [0.1, 0.15) is 23.0 Å². The highest BCUT2D eigenvalue weighted by Crippen LogP contribution is 2.29. The van der Waals surface area contributed by atoms with Gasteiger partial charge in [-0.05, 0) is 42.5 Å². The van der Waals surface area contributed by atoms with E-state index in [9.17, 15) is 9.18 Å². The van der Waals surface area contributed by atoms with Gasteiger partial charge >= 0.3 is 0 Å². The quantitative estimate of drug-likeness (QED) is 0.528. The first kappa shape index (κ1) is 20.8. The van der Waals surface area contributed by atoms with Crippen molar-refractivity contribution in [3.05, 3.63) is 64.4 Å². The molecule has 2 rings (SSSR count). The lowest BCUT2D eigenvalue weighted by molar-refractivity contribution is 0.102. The van der Waals surface area contributed by atoms with Gasteiger partial charge in [-0.15, -0.1) is 0 Å². The third kappa shape index (κ3) is 5.26. The molecular formula is C20H16FN3O3S. The molecule has 0 fully saturated rings. The smallest absolute Gasteiger partial charge is 0.173 e. The van der Waals surface area contributed by atoms with E-state index in [-0.39, 0.29) is 22.1 Å². The zero-order valence-electron chi connectivity index (χ0n) is 15.2. The van der Waals surface area contributed by atoms with Crippen LogP contribution >= 0.6 is 11.8 Å². The highest BCUT2D eigenvalue weighted by Gasteiger charge is 2.14. The second kappa shape index (κ2) is 10.0. The summed E-state index contributed by atoms with van der Waals surface area (Å²) in [6.07, 6.45) is 0. The van der Waals surface area contributed by atoms with Gasteiger partial charge < -0.3 is 14.8 Å². The van der Waals surface area contributed by atoms with Crippen LogP contribution in [0, 0.1) is 28.5 Å². The lowest BCUT2D eigenvalue weighted by Crippen LogP contribution is -2.07. The summed E-state index contributed by atoms with van der Waals surface area (Å²) in [7, 11) is 2.97. The van der Waals surface area contributed by atoms with Crippen LogP contribution in [0.2, 0.25) is 0 Å². The van der Waals surface area contributed by atoms with Crippen molar-refractivity contribution in [3.63, 3.8) is 0 Å². The fourth-order valence-corrected chi connectivity index (χ4v) is 3.06. The van der Waals surface area contributed by atoms with Gasteiger partial charge in [0.05, 0.1) is 20.0 Å². The topological polar surface area (TPSA) is 95.1 Å². The standard InChI is InChI=1S/C20H16FN3O3S/c1-26-18-8-3-13(9-19(18)27-2)17(25)12-28-20(14(10-22)11-23)24-16-6-4-15(21)5-7-16/h3-9,24H,12H2,1-2H3. The molecular weight excluding hydrogens is 381 g/mol. The fourth-order valence-electron chi connectivity index (χ4n) is 2.19. The number of nitrogens with one attached hydrogen (secondary N) is 1. The number of hydrogen-bond donors (Lipinski definition) is 1. The molecule has 0 aliphatic rings. The highest BCUT2D eigenvalue weighted by atomic mass is 32.2. The second-order valence-electron chi connectivity index (χ2n) is 5.34. The SMILES string of the molecule is COc1ccc(C(=O)CSC(Nc2ccc(F)cc2)=C(C#N)C#N)cc1OC. The van der Waals surface area contributed by atoms with E-state index >= 15 is 0 Å². The average Bonchev–Trinajstić information content (AvgIpc) is 2.73. The minimum atomic E-state index is -0.409. The number of nitrogens with zero attached hydrogens (tertiary/aromatic N) is 2. The molecule has 6 nitrogen and oxygen atoms in total. The molecule has 0 atom stereocenters. The van der Waals surface area contributed by atoms with Crippen LogP contribution < -0.4 is 14.8 Å². The Kier molecular flexibility index (Phi) is 7.44. The van der Waals surface area contributed by atoms with E-state index in [1.807, 2.05) is 0 Å². The van der Waals surface area contributed by atoms with E-state index in [0.717, 1.165) is 11.8 Å². The molecule has 0 spiro atoms. The minimum Gasteiger partial charge on any atom is -0.493 e. The maximum Gasteiger partial charge on any atom is 0.173 e. The summed E-state index contributed by atoms with van der Waals surface area (Å²) in [5.41, 5.74) is 0.724. The van der Waals surface area contributed by atoms with E-state index in [0.29, 0.717) is 22.7 Å². The summed E-state index contributed by atoms with van der Waals surface area (Å²) < 4.78 is 23.4. The number of methoxy groups -OCH3 is 2. The molecule has 0 amide bonds. The number of nitriles is 2. The number of benzene rings is 2. The summed E-state index contributed by atoms with van der Waals surface area (Å²) in [5.74, 6) is 0.272. The zero-order valence-corrected chi connectivity index (χ0v) is 16.0. The molecule has 0 bridgehead atoms. The summed E-state index contributed by atoms with van der Waals surface area (Å²) in [6.45, 7) is 0. The van der Waals surface area contributed by atoms with Gasteiger partial charge in [-0.2, -0.15) is 10.5 Å². The van der Waals surface area contributed by atoms with Crippen molar-refractivity contribution in [2.24, 2.45) is 0 Å². The van der Waals surface area contributed by atoms with Crippen molar-refractivity contribution in [1.29, 1.82) is 10.5 Å².